The Labute approximate surface area is 69.2 Å². The monoisotopic (exact) mass is 175 g/mol. The van der Waals surface area contributed by atoms with E-state index in [2.05, 4.69) is 11.9 Å². The van der Waals surface area contributed by atoms with Crippen LogP contribution in [0, 0.1) is 0 Å². The summed E-state index contributed by atoms with van der Waals surface area (Å²) in [6, 6.07) is 0.421. The van der Waals surface area contributed by atoms with Crippen LogP contribution >= 0.6 is 0 Å². The summed E-state index contributed by atoms with van der Waals surface area (Å²) < 4.78 is 16.7. The topological polar surface area (TPSA) is 29.5 Å². The Morgan fingerprint density at radius 1 is 1.55 bits per heavy atom. The van der Waals surface area contributed by atoms with Gasteiger partial charge in [-0.1, -0.05) is 0 Å². The van der Waals surface area contributed by atoms with Crippen LogP contribution in [0.1, 0.15) is 0 Å². The molecule has 0 aromatic rings. The standard InChI is InChI=1S/C7H13NO2S/c1-8-2-3-10-7-5-11(9)4-6(7)8/h6-7H,2-5H2,1H3. The average Bonchev–Trinajstić information content (AvgIpc) is 2.31. The van der Waals surface area contributed by atoms with Crippen molar-refractivity contribution in [3.05, 3.63) is 0 Å². The van der Waals surface area contributed by atoms with Crippen LogP contribution in [-0.2, 0) is 15.5 Å². The minimum absolute atomic E-state index is 0.245. The number of fused-ring (bicyclic) bond motifs is 1. The molecule has 2 heterocycles. The molecule has 0 aliphatic carbocycles. The van der Waals surface area contributed by atoms with E-state index >= 15 is 0 Å². The van der Waals surface area contributed by atoms with Gasteiger partial charge in [0.2, 0.25) is 0 Å². The third-order valence-corrected chi connectivity index (χ3v) is 3.89. The summed E-state index contributed by atoms with van der Waals surface area (Å²) in [6.45, 7) is 1.78. The van der Waals surface area contributed by atoms with Gasteiger partial charge in [-0.05, 0) is 7.05 Å². The maximum atomic E-state index is 11.2. The molecule has 0 spiro atoms. The predicted octanol–water partition coefficient (Wildman–Crippen LogP) is -0.552. The summed E-state index contributed by atoms with van der Waals surface area (Å²) in [4.78, 5) is 2.26. The van der Waals surface area contributed by atoms with Crippen molar-refractivity contribution >= 4 is 10.8 Å². The molecular weight excluding hydrogens is 162 g/mol. The van der Waals surface area contributed by atoms with Crippen LogP contribution in [0.2, 0.25) is 0 Å². The number of hydrogen-bond donors (Lipinski definition) is 0. The van der Waals surface area contributed by atoms with E-state index in [4.69, 9.17) is 4.74 Å². The van der Waals surface area contributed by atoms with Crippen LogP contribution in [0.15, 0.2) is 0 Å². The largest absolute Gasteiger partial charge is 0.374 e. The molecule has 0 N–H and O–H groups in total. The Kier molecular flexibility index (Phi) is 1.99. The van der Waals surface area contributed by atoms with Crippen LogP contribution in [0.5, 0.6) is 0 Å². The van der Waals surface area contributed by atoms with E-state index in [0.717, 1.165) is 24.7 Å². The number of nitrogens with zero attached hydrogens (tertiary/aromatic N) is 1. The van der Waals surface area contributed by atoms with Crippen molar-refractivity contribution in [2.24, 2.45) is 0 Å². The van der Waals surface area contributed by atoms with Gasteiger partial charge >= 0.3 is 0 Å². The minimum atomic E-state index is -0.630. The lowest BCUT2D eigenvalue weighted by Gasteiger charge is -2.33. The summed E-state index contributed by atoms with van der Waals surface area (Å²) in [5.74, 6) is 1.55. The van der Waals surface area contributed by atoms with Crippen molar-refractivity contribution in [3.8, 4) is 0 Å². The highest BCUT2D eigenvalue weighted by atomic mass is 32.2. The molecule has 2 aliphatic rings. The second-order valence-electron chi connectivity index (χ2n) is 3.23. The van der Waals surface area contributed by atoms with E-state index in [1.54, 1.807) is 0 Å². The zero-order valence-electron chi connectivity index (χ0n) is 6.66. The smallest absolute Gasteiger partial charge is 0.0854 e. The number of rotatable bonds is 0. The molecule has 3 atom stereocenters. The van der Waals surface area contributed by atoms with Crippen molar-refractivity contribution in [3.63, 3.8) is 0 Å². The maximum absolute atomic E-state index is 11.2. The van der Waals surface area contributed by atoms with Crippen LogP contribution in [0.25, 0.3) is 0 Å². The maximum Gasteiger partial charge on any atom is 0.0854 e. The molecule has 0 aromatic carbocycles. The number of morpholine rings is 1. The molecule has 0 aromatic heterocycles. The molecule has 0 radical (unpaired) electrons. The number of hydrogen-bond acceptors (Lipinski definition) is 3. The molecule has 2 fully saturated rings. The second-order valence-corrected chi connectivity index (χ2v) is 4.78. The lowest BCUT2D eigenvalue weighted by atomic mass is 10.1. The summed E-state index contributed by atoms with van der Waals surface area (Å²) in [6.07, 6.45) is 0.245. The molecule has 64 valence electrons. The summed E-state index contributed by atoms with van der Waals surface area (Å²) >= 11 is 0. The minimum Gasteiger partial charge on any atom is -0.374 e. The van der Waals surface area contributed by atoms with Gasteiger partial charge in [-0.15, -0.1) is 0 Å². The van der Waals surface area contributed by atoms with Gasteiger partial charge in [-0.2, -0.15) is 0 Å². The zero-order valence-corrected chi connectivity index (χ0v) is 7.47. The fourth-order valence-corrected chi connectivity index (χ4v) is 3.42. The van der Waals surface area contributed by atoms with E-state index in [-0.39, 0.29) is 6.10 Å². The van der Waals surface area contributed by atoms with Crippen LogP contribution in [0.4, 0.5) is 0 Å². The van der Waals surface area contributed by atoms with Gasteiger partial charge in [0.25, 0.3) is 0 Å². The van der Waals surface area contributed by atoms with Crippen LogP contribution in [0.3, 0.4) is 0 Å². The molecule has 0 amide bonds. The van der Waals surface area contributed by atoms with Crippen molar-refractivity contribution in [1.29, 1.82) is 0 Å². The molecule has 4 heteroatoms. The van der Waals surface area contributed by atoms with Crippen molar-refractivity contribution < 1.29 is 8.95 Å². The molecular formula is C7H13NO2S. The van der Waals surface area contributed by atoms with E-state index < -0.39 is 10.8 Å². The van der Waals surface area contributed by atoms with Gasteiger partial charge in [0, 0.05) is 29.1 Å². The first kappa shape index (κ1) is 7.71. The fourth-order valence-electron chi connectivity index (χ4n) is 1.74. The first-order chi connectivity index (χ1) is 5.27. The van der Waals surface area contributed by atoms with Gasteiger partial charge in [-0.25, -0.2) is 0 Å². The van der Waals surface area contributed by atoms with Crippen molar-refractivity contribution in [2.75, 3.05) is 31.7 Å². The van der Waals surface area contributed by atoms with Crippen LogP contribution < -0.4 is 0 Å². The lowest BCUT2D eigenvalue weighted by Crippen LogP contribution is -2.48. The average molecular weight is 175 g/mol. The SMILES string of the molecule is CN1CCOC2CS(=O)CC21. The Hall–Kier alpha value is 0.0700. The molecule has 0 saturated carbocycles. The lowest BCUT2D eigenvalue weighted by molar-refractivity contribution is -0.0359. The van der Waals surface area contributed by atoms with Crippen molar-refractivity contribution in [1.82, 2.24) is 4.90 Å². The van der Waals surface area contributed by atoms with Gasteiger partial charge in [-0.3, -0.25) is 9.11 Å². The molecule has 0 bridgehead atoms. The quantitative estimate of drug-likeness (QED) is 0.494. The molecule has 3 nitrogen and oxygen atoms in total. The van der Waals surface area contributed by atoms with Crippen LogP contribution in [-0.4, -0.2) is 53.0 Å². The first-order valence-electron chi connectivity index (χ1n) is 3.94. The van der Waals surface area contributed by atoms with E-state index in [9.17, 15) is 4.21 Å². The second kappa shape index (κ2) is 2.84. The third kappa shape index (κ3) is 1.35. The van der Waals surface area contributed by atoms with Gasteiger partial charge < -0.3 is 4.74 Å². The van der Waals surface area contributed by atoms with E-state index in [0.29, 0.717) is 6.04 Å². The molecule has 3 unspecified atom stereocenters. The Bertz CT molecular complexity index is 185. The summed E-state index contributed by atoms with van der Waals surface area (Å²) in [5.41, 5.74) is 0. The predicted molar refractivity (Wildman–Crippen MR) is 44.0 cm³/mol. The van der Waals surface area contributed by atoms with Gasteiger partial charge in [0.05, 0.1) is 18.5 Å². The van der Waals surface area contributed by atoms with Gasteiger partial charge in [0.1, 0.15) is 0 Å². The molecule has 2 aliphatic heterocycles. The highest BCUT2D eigenvalue weighted by Gasteiger charge is 2.37. The highest BCUT2D eigenvalue weighted by molar-refractivity contribution is 7.85. The molecule has 11 heavy (non-hydrogen) atoms. The normalized spacial score (nSPS) is 45.7. The third-order valence-electron chi connectivity index (χ3n) is 2.48. The van der Waals surface area contributed by atoms with Gasteiger partial charge in [0.15, 0.2) is 0 Å². The number of ether oxygens (including phenoxy) is 1. The number of likely N-dealkylation sites (N-methyl/N-ethyl adjacent to an activating group) is 1. The van der Waals surface area contributed by atoms with Crippen molar-refractivity contribution in [2.45, 2.75) is 12.1 Å². The Morgan fingerprint density at radius 2 is 2.36 bits per heavy atom. The Morgan fingerprint density at radius 3 is 3.09 bits per heavy atom. The summed E-state index contributed by atoms with van der Waals surface area (Å²) in [5, 5.41) is 0. The zero-order chi connectivity index (χ0) is 7.84. The summed E-state index contributed by atoms with van der Waals surface area (Å²) in [7, 11) is 1.46. The molecule has 2 rings (SSSR count). The van der Waals surface area contributed by atoms with E-state index in [1.807, 2.05) is 0 Å². The molecule has 2 saturated heterocycles. The van der Waals surface area contributed by atoms with E-state index in [1.165, 1.54) is 0 Å². The fraction of sp³-hybridized carbons (Fsp3) is 1.00. The highest BCUT2D eigenvalue weighted by Crippen LogP contribution is 2.20. The Balaban J connectivity index is 2.09. The first-order valence-corrected chi connectivity index (χ1v) is 5.43.